The second kappa shape index (κ2) is 5.13. The average Bonchev–Trinajstić information content (AvgIpc) is 2.37. The van der Waals surface area contributed by atoms with Crippen LogP contribution in [0.1, 0.15) is 6.92 Å². The molecule has 1 rings (SSSR count). The maximum atomic E-state index is 10.3. The fraction of sp³-hybridized carbons (Fsp3) is 0.833. The third-order valence-corrected chi connectivity index (χ3v) is 1.28. The van der Waals surface area contributed by atoms with Crippen LogP contribution >= 0.6 is 0 Å². The van der Waals surface area contributed by atoms with Crippen LogP contribution in [0.2, 0.25) is 0 Å². The third kappa shape index (κ3) is 2.58. The Hall–Kier alpha value is 0.430. The summed E-state index contributed by atoms with van der Waals surface area (Å²) >= 11 is 0. The molecule has 0 saturated carbocycles. The van der Waals surface area contributed by atoms with Crippen LogP contribution in [0.15, 0.2) is 4.99 Å². The maximum Gasteiger partial charge on any atom is 1.00 e. The molecule has 0 bridgehead atoms. The van der Waals surface area contributed by atoms with E-state index in [-0.39, 0.29) is 42.1 Å². The minimum atomic E-state index is -0.126. The Bertz CT molecular complexity index is 127. The summed E-state index contributed by atoms with van der Waals surface area (Å²) in [6.07, 6.45) is 0. The summed E-state index contributed by atoms with van der Waals surface area (Å²) in [7, 11) is 0. The molecule has 0 aromatic heterocycles. The van der Waals surface area contributed by atoms with Crippen molar-refractivity contribution in [1.29, 1.82) is 0 Å². The molecule has 0 radical (unpaired) electrons. The summed E-state index contributed by atoms with van der Waals surface area (Å²) in [5, 5.41) is 10.3. The van der Waals surface area contributed by atoms with Gasteiger partial charge in [-0.05, 0) is 0 Å². The van der Waals surface area contributed by atoms with Gasteiger partial charge < -0.3 is 9.84 Å². The van der Waals surface area contributed by atoms with Crippen molar-refractivity contribution in [2.24, 2.45) is 10.9 Å². The number of nitrogens with zero attached hydrogens (tertiary/aromatic N) is 1. The van der Waals surface area contributed by atoms with Gasteiger partial charge in [-0.1, -0.05) is 6.92 Å². The van der Waals surface area contributed by atoms with Crippen molar-refractivity contribution >= 4 is 5.90 Å². The Morgan fingerprint density at radius 2 is 2.50 bits per heavy atom. The molecule has 4 heteroatoms. The molecule has 0 aliphatic carbocycles. The molecule has 0 aromatic carbocycles. The van der Waals surface area contributed by atoms with Crippen molar-refractivity contribution in [3.8, 4) is 0 Å². The molecule has 1 unspecified atom stereocenters. The number of ether oxygens (including phenoxy) is 1. The van der Waals surface area contributed by atoms with E-state index in [1.807, 2.05) is 6.92 Å². The van der Waals surface area contributed by atoms with E-state index in [1.54, 1.807) is 0 Å². The molecule has 0 aromatic rings. The van der Waals surface area contributed by atoms with Gasteiger partial charge in [0.1, 0.15) is 6.61 Å². The normalized spacial score (nSPS) is 18.8. The molecule has 52 valence electrons. The van der Waals surface area contributed by atoms with Gasteiger partial charge in [-0.15, -0.1) is 6.61 Å². The molecule has 10 heavy (non-hydrogen) atoms. The SMILES string of the molecule is CC(C[O-])C1=NCCO1.[Na+]. The van der Waals surface area contributed by atoms with Crippen molar-refractivity contribution in [2.45, 2.75) is 6.92 Å². The van der Waals surface area contributed by atoms with Gasteiger partial charge in [0.2, 0.25) is 0 Å². The van der Waals surface area contributed by atoms with Crippen LogP contribution in [0, 0.1) is 5.92 Å². The van der Waals surface area contributed by atoms with Gasteiger partial charge in [-0.3, -0.25) is 4.99 Å². The van der Waals surface area contributed by atoms with Crippen molar-refractivity contribution in [3.63, 3.8) is 0 Å². The molecule has 1 aliphatic heterocycles. The van der Waals surface area contributed by atoms with E-state index >= 15 is 0 Å². The van der Waals surface area contributed by atoms with Crippen molar-refractivity contribution < 1.29 is 39.4 Å². The quantitative estimate of drug-likeness (QED) is 0.383. The minimum Gasteiger partial charge on any atom is -0.854 e. The fourth-order valence-corrected chi connectivity index (χ4v) is 0.721. The molecule has 1 aliphatic rings. The van der Waals surface area contributed by atoms with Crippen LogP contribution in [0.25, 0.3) is 0 Å². The fourth-order valence-electron chi connectivity index (χ4n) is 0.721. The van der Waals surface area contributed by atoms with E-state index in [0.29, 0.717) is 12.5 Å². The molecule has 0 N–H and O–H groups in total. The average molecular weight is 151 g/mol. The van der Waals surface area contributed by atoms with Crippen molar-refractivity contribution in [3.05, 3.63) is 0 Å². The van der Waals surface area contributed by atoms with Gasteiger partial charge >= 0.3 is 29.6 Å². The first-order valence-corrected chi connectivity index (χ1v) is 3.10. The molecule has 1 heterocycles. The van der Waals surface area contributed by atoms with E-state index in [1.165, 1.54) is 0 Å². The second-order valence-corrected chi connectivity index (χ2v) is 2.14. The summed E-state index contributed by atoms with van der Waals surface area (Å²) in [4.78, 5) is 4.00. The van der Waals surface area contributed by atoms with Crippen LogP contribution in [0.3, 0.4) is 0 Å². The predicted octanol–water partition coefficient (Wildman–Crippen LogP) is -3.58. The molecule has 1 atom stereocenters. The Balaban J connectivity index is 0.000000810. The zero-order valence-corrected chi connectivity index (χ0v) is 8.46. The first kappa shape index (κ1) is 10.4. The van der Waals surface area contributed by atoms with Gasteiger partial charge in [0.15, 0.2) is 5.90 Å². The van der Waals surface area contributed by atoms with Crippen LogP contribution in [-0.2, 0) is 4.74 Å². The van der Waals surface area contributed by atoms with Gasteiger partial charge in [0.05, 0.1) is 6.54 Å². The predicted molar refractivity (Wildman–Crippen MR) is 32.3 cm³/mol. The minimum absolute atomic E-state index is 0. The van der Waals surface area contributed by atoms with Gasteiger partial charge in [-0.25, -0.2) is 0 Å². The van der Waals surface area contributed by atoms with Crippen LogP contribution in [0.4, 0.5) is 0 Å². The van der Waals surface area contributed by atoms with Crippen molar-refractivity contribution in [1.82, 2.24) is 0 Å². The van der Waals surface area contributed by atoms with E-state index in [0.717, 1.165) is 6.54 Å². The summed E-state index contributed by atoms with van der Waals surface area (Å²) in [5.74, 6) is 0.609. The van der Waals surface area contributed by atoms with E-state index < -0.39 is 0 Å². The van der Waals surface area contributed by atoms with Gasteiger partial charge in [0, 0.05) is 5.92 Å². The third-order valence-electron chi connectivity index (χ3n) is 1.28. The van der Waals surface area contributed by atoms with Gasteiger partial charge in [0.25, 0.3) is 0 Å². The van der Waals surface area contributed by atoms with Crippen LogP contribution in [-0.4, -0.2) is 25.7 Å². The summed E-state index contributed by atoms with van der Waals surface area (Å²) in [6, 6.07) is 0. The zero-order chi connectivity index (χ0) is 6.69. The molecule has 0 saturated heterocycles. The standard InChI is InChI=1S/C6H10NO2.Na/c1-5(4-8)6-7-2-3-9-6;/h5H,2-4H2,1H3;/q-1;+1. The number of rotatable bonds is 2. The van der Waals surface area contributed by atoms with E-state index in [9.17, 15) is 5.11 Å². The Morgan fingerprint density at radius 3 is 2.90 bits per heavy atom. The Labute approximate surface area is 82.8 Å². The monoisotopic (exact) mass is 151 g/mol. The number of hydrogen-bond acceptors (Lipinski definition) is 3. The van der Waals surface area contributed by atoms with E-state index in [2.05, 4.69) is 4.99 Å². The molecule has 3 nitrogen and oxygen atoms in total. The van der Waals surface area contributed by atoms with Crippen molar-refractivity contribution in [2.75, 3.05) is 19.8 Å². The maximum absolute atomic E-state index is 10.3. The van der Waals surface area contributed by atoms with E-state index in [4.69, 9.17) is 4.74 Å². The number of aliphatic imine (C=N–C) groups is 1. The first-order valence-electron chi connectivity index (χ1n) is 3.10. The summed E-state index contributed by atoms with van der Waals surface area (Å²) in [5.41, 5.74) is 0. The Kier molecular flexibility index (Phi) is 5.35. The smallest absolute Gasteiger partial charge is 0.854 e. The molecule has 0 spiro atoms. The Morgan fingerprint density at radius 1 is 1.80 bits per heavy atom. The van der Waals surface area contributed by atoms with Crippen LogP contribution in [0.5, 0.6) is 0 Å². The second-order valence-electron chi connectivity index (χ2n) is 2.14. The molecule has 0 amide bonds. The molecular weight excluding hydrogens is 141 g/mol. The molecule has 0 fully saturated rings. The molecular formula is C6H10NNaO2. The van der Waals surface area contributed by atoms with Gasteiger partial charge in [-0.2, -0.15) is 0 Å². The summed E-state index contributed by atoms with van der Waals surface area (Å²) < 4.78 is 5.06. The topological polar surface area (TPSA) is 44.7 Å². The first-order chi connectivity index (χ1) is 4.34. The summed E-state index contributed by atoms with van der Waals surface area (Å²) in [6.45, 7) is 3.08. The van der Waals surface area contributed by atoms with Crippen LogP contribution < -0.4 is 34.7 Å². The zero-order valence-electron chi connectivity index (χ0n) is 6.46. The number of hydrogen-bond donors (Lipinski definition) is 0. The largest absolute Gasteiger partial charge is 1.00 e.